The average molecular weight is 400 g/mol. The molecule has 6 heteroatoms. The van der Waals surface area contributed by atoms with Crippen molar-refractivity contribution in [3.63, 3.8) is 0 Å². The van der Waals surface area contributed by atoms with Crippen molar-refractivity contribution >= 4 is 18.2 Å². The predicted octanol–water partition coefficient (Wildman–Crippen LogP) is 3.20. The molecular formula is C18H29AsO5. The van der Waals surface area contributed by atoms with Crippen LogP contribution in [-0.4, -0.2) is 41.3 Å². The molecule has 0 saturated carbocycles. The Morgan fingerprint density at radius 2 is 0.917 bits per heavy atom. The van der Waals surface area contributed by atoms with Crippen LogP contribution in [0.25, 0.3) is 0 Å². The third kappa shape index (κ3) is 2.22. The Bertz CT molecular complexity index is 600. The maximum atomic E-state index is 9.70. The Balaban J connectivity index is 2.28. The summed E-state index contributed by atoms with van der Waals surface area (Å²) < 4.78 is 27.3. The topological polar surface area (TPSA) is 57.2 Å². The average Bonchev–Trinajstić information content (AvgIpc) is 2.61. The van der Waals surface area contributed by atoms with Crippen LogP contribution in [0.3, 0.4) is 0 Å². The van der Waals surface area contributed by atoms with Gasteiger partial charge in [0.1, 0.15) is 0 Å². The molecule has 0 atom stereocenters. The van der Waals surface area contributed by atoms with E-state index in [1.807, 2.05) is 55.4 Å². The molecule has 0 aromatic heterocycles. The van der Waals surface area contributed by atoms with Crippen molar-refractivity contribution in [3.8, 4) is 5.75 Å². The van der Waals surface area contributed by atoms with Crippen molar-refractivity contribution in [2.45, 2.75) is 77.8 Å². The summed E-state index contributed by atoms with van der Waals surface area (Å²) in [5, 5.41) is 9.70. The minimum atomic E-state index is -4.78. The molecule has 2 saturated heterocycles. The molecule has 2 aliphatic heterocycles. The number of phenolic OH excluding ortho intramolecular Hbond substituents is 1. The van der Waals surface area contributed by atoms with E-state index in [0.29, 0.717) is 0 Å². The molecule has 2 aliphatic rings. The standard InChI is InChI=1S/C18H29AsO5/c1-15(2)16(3,4)22-19(21-15,13-9-11-14(20)12-10-13)23-17(5,6)18(7,8)24-19/h9-12,20H,1-8H3. The Labute approximate surface area is 146 Å². The van der Waals surface area contributed by atoms with Crippen LogP contribution in [0.2, 0.25) is 0 Å². The second-order valence-corrected chi connectivity index (χ2v) is 14.8. The van der Waals surface area contributed by atoms with Gasteiger partial charge in [0.05, 0.1) is 0 Å². The molecule has 2 fully saturated rings. The van der Waals surface area contributed by atoms with Gasteiger partial charge in [-0.3, -0.25) is 0 Å². The van der Waals surface area contributed by atoms with Crippen molar-refractivity contribution in [1.29, 1.82) is 0 Å². The van der Waals surface area contributed by atoms with E-state index < -0.39 is 36.2 Å². The minimum absolute atomic E-state index is 0.180. The molecule has 0 radical (unpaired) electrons. The van der Waals surface area contributed by atoms with Gasteiger partial charge in [0.15, 0.2) is 0 Å². The van der Waals surface area contributed by atoms with E-state index in [1.165, 1.54) is 0 Å². The van der Waals surface area contributed by atoms with Gasteiger partial charge in [-0.05, 0) is 0 Å². The number of phenols is 1. The zero-order valence-electron chi connectivity index (χ0n) is 15.8. The summed E-state index contributed by atoms with van der Waals surface area (Å²) in [6.07, 6.45) is 0. The summed E-state index contributed by atoms with van der Waals surface area (Å²) in [5.74, 6) is 0.180. The van der Waals surface area contributed by atoms with Crippen molar-refractivity contribution in [2.75, 3.05) is 0 Å². The first-order chi connectivity index (χ1) is 10.6. The fraction of sp³-hybridized carbons (Fsp3) is 0.667. The van der Waals surface area contributed by atoms with Crippen molar-refractivity contribution in [1.82, 2.24) is 0 Å². The van der Waals surface area contributed by atoms with Crippen LogP contribution in [-0.2, 0) is 14.9 Å². The summed E-state index contributed by atoms with van der Waals surface area (Å²) >= 11 is -4.78. The van der Waals surface area contributed by atoms with Crippen molar-refractivity contribution < 1.29 is 20.0 Å². The molecule has 24 heavy (non-hydrogen) atoms. The van der Waals surface area contributed by atoms with Crippen LogP contribution in [0.15, 0.2) is 24.3 Å². The van der Waals surface area contributed by atoms with Gasteiger partial charge >= 0.3 is 146 Å². The quantitative estimate of drug-likeness (QED) is 0.734. The van der Waals surface area contributed by atoms with Gasteiger partial charge in [-0.15, -0.1) is 0 Å². The zero-order valence-corrected chi connectivity index (χ0v) is 17.7. The van der Waals surface area contributed by atoms with Crippen LogP contribution in [0.5, 0.6) is 5.75 Å². The summed E-state index contributed by atoms with van der Waals surface area (Å²) in [5.41, 5.74) is -2.36. The van der Waals surface area contributed by atoms with Crippen molar-refractivity contribution in [2.24, 2.45) is 0 Å². The van der Waals surface area contributed by atoms with Gasteiger partial charge in [-0.2, -0.15) is 0 Å². The van der Waals surface area contributed by atoms with Crippen LogP contribution < -0.4 is 4.35 Å². The van der Waals surface area contributed by atoms with E-state index in [0.717, 1.165) is 4.35 Å². The molecule has 0 unspecified atom stereocenters. The summed E-state index contributed by atoms with van der Waals surface area (Å²) in [4.78, 5) is 0. The molecule has 0 aliphatic carbocycles. The van der Waals surface area contributed by atoms with Gasteiger partial charge in [-0.25, -0.2) is 0 Å². The molecule has 3 rings (SSSR count). The first kappa shape index (κ1) is 18.2. The normalized spacial score (nSPS) is 32.2. The number of hydrogen-bond donors (Lipinski definition) is 1. The Morgan fingerprint density at radius 1 is 0.625 bits per heavy atom. The Kier molecular flexibility index (Phi) is 3.47. The van der Waals surface area contributed by atoms with Crippen molar-refractivity contribution in [3.05, 3.63) is 24.3 Å². The number of aromatic hydroxyl groups is 1. The number of hydrogen-bond acceptors (Lipinski definition) is 5. The van der Waals surface area contributed by atoms with E-state index in [2.05, 4.69) is 0 Å². The predicted molar refractivity (Wildman–Crippen MR) is 94.2 cm³/mol. The van der Waals surface area contributed by atoms with Gasteiger partial charge in [0.25, 0.3) is 0 Å². The number of benzene rings is 1. The van der Waals surface area contributed by atoms with E-state index in [-0.39, 0.29) is 5.75 Å². The third-order valence-corrected chi connectivity index (χ3v) is 14.6. The second kappa shape index (κ2) is 4.57. The summed E-state index contributed by atoms with van der Waals surface area (Å²) in [7, 11) is 0. The van der Waals surface area contributed by atoms with Crippen LogP contribution in [0.1, 0.15) is 55.4 Å². The Hall–Kier alpha value is -0.582. The first-order valence-corrected chi connectivity index (χ1v) is 12.3. The molecule has 5 nitrogen and oxygen atoms in total. The first-order valence-electron chi connectivity index (χ1n) is 8.32. The fourth-order valence-electron chi connectivity index (χ4n) is 3.03. The molecule has 0 bridgehead atoms. The molecule has 1 aromatic rings. The molecule has 1 N–H and O–H groups in total. The van der Waals surface area contributed by atoms with Gasteiger partial charge in [0, 0.05) is 0 Å². The third-order valence-electron chi connectivity index (χ3n) is 5.71. The second-order valence-electron chi connectivity index (χ2n) is 8.74. The van der Waals surface area contributed by atoms with E-state index >= 15 is 0 Å². The zero-order chi connectivity index (χ0) is 18.3. The number of rotatable bonds is 1. The summed E-state index contributed by atoms with van der Waals surface area (Å²) in [6, 6.07) is 6.81. The molecule has 0 amide bonds. The molecule has 1 aromatic carbocycles. The van der Waals surface area contributed by atoms with Gasteiger partial charge in [-0.1, -0.05) is 0 Å². The van der Waals surface area contributed by atoms with E-state index in [4.69, 9.17) is 14.9 Å². The molecule has 136 valence electrons. The van der Waals surface area contributed by atoms with Gasteiger partial charge in [0.2, 0.25) is 0 Å². The SMILES string of the molecule is CC1(C)O[As]2(c3ccc(O)cc3)(OC1(C)C)OC(C)(C)C(C)(C)O2. The summed E-state index contributed by atoms with van der Waals surface area (Å²) in [6.45, 7) is 16.0. The van der Waals surface area contributed by atoms with Crippen LogP contribution in [0.4, 0.5) is 0 Å². The molecular weight excluding hydrogens is 371 g/mol. The Morgan fingerprint density at radius 3 is 1.21 bits per heavy atom. The molecule has 2 heterocycles. The van der Waals surface area contributed by atoms with Crippen LogP contribution >= 0.6 is 0 Å². The fourth-order valence-corrected chi connectivity index (χ4v) is 14.2. The monoisotopic (exact) mass is 400 g/mol. The van der Waals surface area contributed by atoms with Crippen LogP contribution in [0, 0.1) is 0 Å². The van der Waals surface area contributed by atoms with E-state index in [1.54, 1.807) is 24.3 Å². The van der Waals surface area contributed by atoms with Gasteiger partial charge < -0.3 is 0 Å². The maximum absolute atomic E-state index is 9.70. The van der Waals surface area contributed by atoms with E-state index in [9.17, 15) is 5.11 Å². The molecule has 1 spiro atoms.